The lowest BCUT2D eigenvalue weighted by Gasteiger charge is -2.12. The SMILES string of the molecule is CCCC(CC)COC(N)=O. The lowest BCUT2D eigenvalue weighted by molar-refractivity contribution is 0.132. The maximum Gasteiger partial charge on any atom is 0.404 e. The zero-order valence-electron chi connectivity index (χ0n) is 7.30. The summed E-state index contributed by atoms with van der Waals surface area (Å²) in [6.45, 7) is 4.68. The number of carbonyl (C=O) groups excluding carboxylic acids is 1. The van der Waals surface area contributed by atoms with Crippen molar-refractivity contribution < 1.29 is 9.53 Å². The Kier molecular flexibility index (Phi) is 5.61. The number of ether oxygens (including phenoxy) is 1. The highest BCUT2D eigenvalue weighted by Crippen LogP contribution is 2.10. The van der Waals surface area contributed by atoms with Crippen LogP contribution in [-0.2, 0) is 4.74 Å². The first-order valence-electron chi connectivity index (χ1n) is 4.12. The standard InChI is InChI=1S/C8H17NO2/c1-3-5-7(4-2)6-11-8(9)10/h7H,3-6H2,1-2H3,(H2,9,10). The van der Waals surface area contributed by atoms with Crippen molar-refractivity contribution in [2.45, 2.75) is 33.1 Å². The molecular formula is C8H17NO2. The summed E-state index contributed by atoms with van der Waals surface area (Å²) in [5.41, 5.74) is 4.83. The summed E-state index contributed by atoms with van der Waals surface area (Å²) in [5.74, 6) is 0.479. The minimum atomic E-state index is -0.667. The van der Waals surface area contributed by atoms with E-state index in [-0.39, 0.29) is 0 Å². The van der Waals surface area contributed by atoms with Crippen LogP contribution in [0.3, 0.4) is 0 Å². The van der Waals surface area contributed by atoms with Gasteiger partial charge in [-0.2, -0.15) is 0 Å². The van der Waals surface area contributed by atoms with Crippen LogP contribution in [0.2, 0.25) is 0 Å². The summed E-state index contributed by atoms with van der Waals surface area (Å²) < 4.78 is 4.69. The van der Waals surface area contributed by atoms with Gasteiger partial charge in [-0.25, -0.2) is 4.79 Å². The van der Waals surface area contributed by atoms with Gasteiger partial charge in [0.25, 0.3) is 0 Å². The van der Waals surface area contributed by atoms with E-state index in [1.165, 1.54) is 0 Å². The average molecular weight is 159 g/mol. The molecule has 0 spiro atoms. The van der Waals surface area contributed by atoms with E-state index in [1.54, 1.807) is 0 Å². The first kappa shape index (κ1) is 10.3. The Balaban J connectivity index is 3.43. The van der Waals surface area contributed by atoms with Crippen molar-refractivity contribution in [3.63, 3.8) is 0 Å². The Labute approximate surface area is 67.9 Å². The van der Waals surface area contributed by atoms with Crippen molar-refractivity contribution in [2.75, 3.05) is 6.61 Å². The van der Waals surface area contributed by atoms with Gasteiger partial charge in [0.1, 0.15) is 0 Å². The number of carbonyl (C=O) groups is 1. The van der Waals surface area contributed by atoms with Crippen LogP contribution in [0, 0.1) is 5.92 Å². The van der Waals surface area contributed by atoms with Gasteiger partial charge < -0.3 is 10.5 Å². The minimum Gasteiger partial charge on any atom is -0.449 e. The van der Waals surface area contributed by atoms with Crippen molar-refractivity contribution in [1.29, 1.82) is 0 Å². The summed E-state index contributed by atoms with van der Waals surface area (Å²) in [6.07, 6.45) is 2.60. The number of nitrogens with two attached hydrogens (primary N) is 1. The fourth-order valence-electron chi connectivity index (χ4n) is 1.01. The van der Waals surface area contributed by atoms with Crippen molar-refractivity contribution in [3.8, 4) is 0 Å². The lowest BCUT2D eigenvalue weighted by atomic mass is 10.0. The van der Waals surface area contributed by atoms with Gasteiger partial charge >= 0.3 is 6.09 Å². The van der Waals surface area contributed by atoms with Crippen LogP contribution in [-0.4, -0.2) is 12.7 Å². The third-order valence-corrected chi connectivity index (χ3v) is 1.74. The molecule has 0 aromatic heterocycles. The maximum absolute atomic E-state index is 10.2. The molecule has 3 nitrogen and oxygen atoms in total. The molecule has 11 heavy (non-hydrogen) atoms. The van der Waals surface area contributed by atoms with Crippen LogP contribution < -0.4 is 5.73 Å². The molecule has 3 heteroatoms. The lowest BCUT2D eigenvalue weighted by Crippen LogP contribution is -2.18. The molecule has 0 radical (unpaired) electrons. The predicted octanol–water partition coefficient (Wildman–Crippen LogP) is 1.91. The quantitative estimate of drug-likeness (QED) is 0.666. The van der Waals surface area contributed by atoms with Gasteiger partial charge in [-0.3, -0.25) is 0 Å². The van der Waals surface area contributed by atoms with Crippen LogP contribution in [0.4, 0.5) is 4.79 Å². The molecule has 66 valence electrons. The molecule has 0 aliphatic carbocycles. The number of hydrogen-bond donors (Lipinski definition) is 1. The topological polar surface area (TPSA) is 52.3 Å². The van der Waals surface area contributed by atoms with Gasteiger partial charge in [0.2, 0.25) is 0 Å². The fraction of sp³-hybridized carbons (Fsp3) is 0.875. The van der Waals surface area contributed by atoms with E-state index in [0.717, 1.165) is 19.3 Å². The molecule has 1 atom stereocenters. The van der Waals surface area contributed by atoms with Gasteiger partial charge in [-0.15, -0.1) is 0 Å². The smallest absolute Gasteiger partial charge is 0.404 e. The van der Waals surface area contributed by atoms with Gasteiger partial charge in [0, 0.05) is 0 Å². The normalized spacial score (nSPS) is 12.5. The van der Waals surface area contributed by atoms with Gasteiger partial charge in [-0.05, 0) is 12.3 Å². The molecule has 2 N–H and O–H groups in total. The molecule has 0 rings (SSSR count). The van der Waals surface area contributed by atoms with E-state index in [0.29, 0.717) is 12.5 Å². The van der Waals surface area contributed by atoms with Crippen molar-refractivity contribution in [2.24, 2.45) is 11.7 Å². The summed E-state index contributed by atoms with van der Waals surface area (Å²) >= 11 is 0. The molecule has 0 aromatic rings. The van der Waals surface area contributed by atoms with Crippen LogP contribution in [0.5, 0.6) is 0 Å². The van der Waals surface area contributed by atoms with Crippen LogP contribution in [0.25, 0.3) is 0 Å². The Morgan fingerprint density at radius 3 is 2.55 bits per heavy atom. The number of primary amides is 1. The molecule has 1 amide bonds. The Hall–Kier alpha value is -0.730. The van der Waals surface area contributed by atoms with Gasteiger partial charge in [-0.1, -0.05) is 26.7 Å². The second-order valence-electron chi connectivity index (χ2n) is 2.69. The first-order valence-corrected chi connectivity index (χ1v) is 4.12. The molecule has 0 bridgehead atoms. The summed E-state index contributed by atoms with van der Waals surface area (Å²) in [5, 5.41) is 0. The van der Waals surface area contributed by atoms with Crippen LogP contribution in [0.15, 0.2) is 0 Å². The van der Waals surface area contributed by atoms with Crippen LogP contribution in [0.1, 0.15) is 33.1 Å². The average Bonchev–Trinajstić information content (AvgIpc) is 1.97. The molecule has 0 aliphatic heterocycles. The number of hydrogen-bond acceptors (Lipinski definition) is 2. The van der Waals surface area contributed by atoms with Crippen molar-refractivity contribution in [1.82, 2.24) is 0 Å². The van der Waals surface area contributed by atoms with E-state index in [2.05, 4.69) is 18.6 Å². The second-order valence-corrected chi connectivity index (χ2v) is 2.69. The molecule has 0 aromatic carbocycles. The molecule has 0 aliphatic rings. The van der Waals surface area contributed by atoms with Crippen LogP contribution >= 0.6 is 0 Å². The van der Waals surface area contributed by atoms with Gasteiger partial charge in [0.05, 0.1) is 6.61 Å². The molecule has 1 unspecified atom stereocenters. The largest absolute Gasteiger partial charge is 0.449 e. The summed E-state index contributed by atoms with van der Waals surface area (Å²) in [6, 6.07) is 0. The molecule has 0 fully saturated rings. The van der Waals surface area contributed by atoms with Crippen molar-refractivity contribution in [3.05, 3.63) is 0 Å². The zero-order chi connectivity index (χ0) is 8.69. The Bertz CT molecular complexity index is 115. The Morgan fingerprint density at radius 2 is 2.18 bits per heavy atom. The van der Waals surface area contributed by atoms with E-state index in [4.69, 9.17) is 5.73 Å². The third-order valence-electron chi connectivity index (χ3n) is 1.74. The number of rotatable bonds is 5. The Morgan fingerprint density at radius 1 is 1.55 bits per heavy atom. The molecule has 0 saturated carbocycles. The van der Waals surface area contributed by atoms with Crippen molar-refractivity contribution >= 4 is 6.09 Å². The highest BCUT2D eigenvalue weighted by molar-refractivity contribution is 5.64. The second kappa shape index (κ2) is 6.01. The van der Waals surface area contributed by atoms with E-state index >= 15 is 0 Å². The van der Waals surface area contributed by atoms with E-state index in [9.17, 15) is 4.79 Å². The fourth-order valence-corrected chi connectivity index (χ4v) is 1.01. The summed E-state index contributed by atoms with van der Waals surface area (Å²) in [4.78, 5) is 10.2. The highest BCUT2D eigenvalue weighted by Gasteiger charge is 2.06. The minimum absolute atomic E-state index is 0.472. The first-order chi connectivity index (χ1) is 5.20. The number of amides is 1. The monoisotopic (exact) mass is 159 g/mol. The maximum atomic E-state index is 10.2. The molecule has 0 saturated heterocycles. The highest BCUT2D eigenvalue weighted by atomic mass is 16.5. The predicted molar refractivity (Wildman–Crippen MR) is 44.2 cm³/mol. The molecule has 0 heterocycles. The third kappa shape index (κ3) is 5.70. The zero-order valence-corrected chi connectivity index (χ0v) is 7.30. The molecular weight excluding hydrogens is 142 g/mol. The van der Waals surface area contributed by atoms with E-state index in [1.807, 2.05) is 0 Å². The van der Waals surface area contributed by atoms with E-state index < -0.39 is 6.09 Å². The summed E-state index contributed by atoms with van der Waals surface area (Å²) in [7, 11) is 0. The van der Waals surface area contributed by atoms with Gasteiger partial charge in [0.15, 0.2) is 0 Å².